The van der Waals surface area contributed by atoms with E-state index in [1.165, 1.54) is 12.1 Å². The number of aryl methyl sites for hydroxylation is 1. The first-order valence-electron chi connectivity index (χ1n) is 7.34. The molecule has 0 spiro atoms. The first-order chi connectivity index (χ1) is 10.1. The van der Waals surface area contributed by atoms with E-state index in [4.69, 9.17) is 0 Å². The molecule has 1 atom stereocenters. The molecule has 0 saturated heterocycles. The van der Waals surface area contributed by atoms with E-state index in [0.717, 1.165) is 18.5 Å². The maximum Gasteiger partial charge on any atom is 0.130 e. The fraction of sp³-hybridized carbons (Fsp3) is 0.333. The van der Waals surface area contributed by atoms with Crippen LogP contribution in [0.2, 0.25) is 0 Å². The first-order valence-corrected chi connectivity index (χ1v) is 7.34. The number of nitrogens with one attached hydrogen (secondary N) is 1. The molecule has 0 radical (unpaired) electrons. The summed E-state index contributed by atoms with van der Waals surface area (Å²) in [4.78, 5) is 0. The van der Waals surface area contributed by atoms with Gasteiger partial charge in [-0.05, 0) is 49.6 Å². The summed E-state index contributed by atoms with van der Waals surface area (Å²) in [6.45, 7) is 4.67. The van der Waals surface area contributed by atoms with Crippen molar-refractivity contribution in [3.63, 3.8) is 0 Å². The summed E-state index contributed by atoms with van der Waals surface area (Å²) in [5.74, 6) is -0.410. The van der Waals surface area contributed by atoms with Crippen LogP contribution in [0.25, 0.3) is 0 Å². The van der Waals surface area contributed by atoms with Crippen LogP contribution in [-0.4, -0.2) is 6.54 Å². The molecule has 1 nitrogen and oxygen atoms in total. The molecule has 0 saturated carbocycles. The van der Waals surface area contributed by atoms with E-state index >= 15 is 0 Å². The number of hydrogen-bond donors (Lipinski definition) is 1. The van der Waals surface area contributed by atoms with Crippen LogP contribution in [0, 0.1) is 18.6 Å². The fourth-order valence-electron chi connectivity index (χ4n) is 2.41. The van der Waals surface area contributed by atoms with E-state index < -0.39 is 0 Å². The molecule has 112 valence electrons. The zero-order chi connectivity index (χ0) is 15.2. The molecule has 0 aromatic heterocycles. The summed E-state index contributed by atoms with van der Waals surface area (Å²) in [7, 11) is 0. The highest BCUT2D eigenvalue weighted by atomic mass is 19.1. The normalized spacial score (nSPS) is 12.4. The highest BCUT2D eigenvalue weighted by Gasteiger charge is 2.16. The standard InChI is InChI=1S/C18H21F2N/c1-3-11-21-17(12-14-7-9-15(19)10-8-14)16-6-4-5-13(2)18(16)20/h4-10,17,21H,3,11-12H2,1-2H3. The topological polar surface area (TPSA) is 12.0 Å². The van der Waals surface area contributed by atoms with Crippen LogP contribution in [0.4, 0.5) is 8.78 Å². The Morgan fingerprint density at radius 2 is 1.76 bits per heavy atom. The van der Waals surface area contributed by atoms with E-state index in [0.29, 0.717) is 17.5 Å². The zero-order valence-corrected chi connectivity index (χ0v) is 12.5. The van der Waals surface area contributed by atoms with Gasteiger partial charge in [0, 0.05) is 11.6 Å². The number of hydrogen-bond acceptors (Lipinski definition) is 1. The van der Waals surface area contributed by atoms with E-state index in [-0.39, 0.29) is 17.7 Å². The monoisotopic (exact) mass is 289 g/mol. The van der Waals surface area contributed by atoms with Crippen LogP contribution in [0.3, 0.4) is 0 Å². The molecule has 1 unspecified atom stereocenters. The summed E-state index contributed by atoms with van der Waals surface area (Å²) in [5, 5.41) is 3.38. The van der Waals surface area contributed by atoms with Gasteiger partial charge in [0.1, 0.15) is 11.6 Å². The Morgan fingerprint density at radius 1 is 1.05 bits per heavy atom. The average molecular weight is 289 g/mol. The van der Waals surface area contributed by atoms with Crippen molar-refractivity contribution in [3.05, 3.63) is 70.8 Å². The Hall–Kier alpha value is -1.74. The Labute approximate surface area is 125 Å². The summed E-state index contributed by atoms with van der Waals surface area (Å²) < 4.78 is 27.3. The van der Waals surface area contributed by atoms with Gasteiger partial charge in [-0.3, -0.25) is 0 Å². The number of halogens is 2. The van der Waals surface area contributed by atoms with Crippen LogP contribution in [0.1, 0.15) is 36.1 Å². The van der Waals surface area contributed by atoms with Crippen molar-refractivity contribution in [2.24, 2.45) is 0 Å². The molecule has 0 aliphatic carbocycles. The lowest BCUT2D eigenvalue weighted by atomic mass is 9.96. The minimum atomic E-state index is -0.251. The van der Waals surface area contributed by atoms with E-state index in [1.54, 1.807) is 25.1 Å². The maximum atomic E-state index is 14.3. The van der Waals surface area contributed by atoms with Crippen molar-refractivity contribution >= 4 is 0 Å². The second kappa shape index (κ2) is 7.32. The lowest BCUT2D eigenvalue weighted by Crippen LogP contribution is -2.25. The molecule has 1 N–H and O–H groups in total. The predicted octanol–water partition coefficient (Wildman–Crippen LogP) is 4.56. The summed E-state index contributed by atoms with van der Waals surface area (Å²) >= 11 is 0. The van der Waals surface area contributed by atoms with Crippen LogP contribution < -0.4 is 5.32 Å². The molecule has 3 heteroatoms. The second-order valence-corrected chi connectivity index (χ2v) is 5.32. The van der Waals surface area contributed by atoms with Gasteiger partial charge >= 0.3 is 0 Å². The quantitative estimate of drug-likeness (QED) is 0.822. The predicted molar refractivity (Wildman–Crippen MR) is 82.3 cm³/mol. The number of rotatable bonds is 6. The average Bonchev–Trinajstić information content (AvgIpc) is 2.48. The molecule has 21 heavy (non-hydrogen) atoms. The highest BCUT2D eigenvalue weighted by Crippen LogP contribution is 2.23. The van der Waals surface area contributed by atoms with Gasteiger partial charge in [0.25, 0.3) is 0 Å². The lowest BCUT2D eigenvalue weighted by molar-refractivity contribution is 0.494. The SMILES string of the molecule is CCCNC(Cc1ccc(F)cc1)c1cccc(C)c1F. The molecular weight excluding hydrogens is 268 g/mol. The van der Waals surface area contributed by atoms with Crippen LogP contribution >= 0.6 is 0 Å². The molecule has 0 fully saturated rings. The minimum absolute atomic E-state index is 0.102. The van der Waals surface area contributed by atoms with Crippen molar-refractivity contribution in [1.29, 1.82) is 0 Å². The Bertz CT molecular complexity index is 578. The summed E-state index contributed by atoms with van der Waals surface area (Å²) in [6.07, 6.45) is 1.62. The molecule has 0 amide bonds. The van der Waals surface area contributed by atoms with Gasteiger partial charge < -0.3 is 5.32 Å². The van der Waals surface area contributed by atoms with Gasteiger partial charge in [-0.2, -0.15) is 0 Å². The number of benzene rings is 2. The van der Waals surface area contributed by atoms with Gasteiger partial charge in [-0.15, -0.1) is 0 Å². The van der Waals surface area contributed by atoms with Gasteiger partial charge in [0.2, 0.25) is 0 Å². The first kappa shape index (κ1) is 15.6. The molecule has 2 aromatic rings. The molecule has 0 bridgehead atoms. The fourth-order valence-corrected chi connectivity index (χ4v) is 2.41. The van der Waals surface area contributed by atoms with Crippen molar-refractivity contribution in [1.82, 2.24) is 5.32 Å². The van der Waals surface area contributed by atoms with E-state index in [9.17, 15) is 8.78 Å². The summed E-state index contributed by atoms with van der Waals surface area (Å²) in [5.41, 5.74) is 2.31. The van der Waals surface area contributed by atoms with Crippen LogP contribution in [0.15, 0.2) is 42.5 Å². The van der Waals surface area contributed by atoms with Gasteiger partial charge in [-0.1, -0.05) is 37.3 Å². The Balaban J connectivity index is 2.25. The Morgan fingerprint density at radius 3 is 2.43 bits per heavy atom. The van der Waals surface area contributed by atoms with Gasteiger partial charge in [0.05, 0.1) is 0 Å². The van der Waals surface area contributed by atoms with Crippen LogP contribution in [-0.2, 0) is 6.42 Å². The molecule has 0 heterocycles. The van der Waals surface area contributed by atoms with Gasteiger partial charge in [-0.25, -0.2) is 8.78 Å². The van der Waals surface area contributed by atoms with E-state index in [2.05, 4.69) is 12.2 Å². The largest absolute Gasteiger partial charge is 0.310 e. The van der Waals surface area contributed by atoms with Crippen molar-refractivity contribution < 1.29 is 8.78 Å². The third-order valence-corrected chi connectivity index (χ3v) is 3.59. The molecule has 0 aliphatic rings. The second-order valence-electron chi connectivity index (χ2n) is 5.32. The van der Waals surface area contributed by atoms with Crippen molar-refractivity contribution in [2.75, 3.05) is 6.54 Å². The highest BCUT2D eigenvalue weighted by molar-refractivity contribution is 5.29. The molecule has 2 rings (SSSR count). The minimum Gasteiger partial charge on any atom is -0.310 e. The third kappa shape index (κ3) is 4.11. The Kier molecular flexibility index (Phi) is 5.45. The van der Waals surface area contributed by atoms with E-state index in [1.807, 2.05) is 12.1 Å². The van der Waals surface area contributed by atoms with Crippen molar-refractivity contribution in [2.45, 2.75) is 32.7 Å². The van der Waals surface area contributed by atoms with Crippen LogP contribution in [0.5, 0.6) is 0 Å². The lowest BCUT2D eigenvalue weighted by Gasteiger charge is -2.20. The zero-order valence-electron chi connectivity index (χ0n) is 12.5. The molecular formula is C18H21F2N. The summed E-state index contributed by atoms with van der Waals surface area (Å²) in [6, 6.07) is 11.8. The molecule has 2 aromatic carbocycles. The van der Waals surface area contributed by atoms with Crippen molar-refractivity contribution in [3.8, 4) is 0 Å². The third-order valence-electron chi connectivity index (χ3n) is 3.59. The maximum absolute atomic E-state index is 14.3. The molecule has 0 aliphatic heterocycles. The smallest absolute Gasteiger partial charge is 0.130 e. The van der Waals surface area contributed by atoms with Gasteiger partial charge in [0.15, 0.2) is 0 Å².